The predicted octanol–water partition coefficient (Wildman–Crippen LogP) is 3.55. The summed E-state index contributed by atoms with van der Waals surface area (Å²) in [6.07, 6.45) is 0. The van der Waals surface area contributed by atoms with Crippen molar-refractivity contribution in [2.24, 2.45) is 0 Å². The van der Waals surface area contributed by atoms with Crippen LogP contribution >= 0.6 is 11.6 Å². The van der Waals surface area contributed by atoms with Crippen molar-refractivity contribution in [3.05, 3.63) is 46.5 Å². The van der Waals surface area contributed by atoms with Crippen LogP contribution < -0.4 is 0 Å². The maximum atomic E-state index is 13.0. The maximum Gasteiger partial charge on any atom is 0.161 e. The average Bonchev–Trinajstić information content (AvgIpc) is 2.15. The highest BCUT2D eigenvalue weighted by molar-refractivity contribution is 6.29. The van der Waals surface area contributed by atoms with Gasteiger partial charge < -0.3 is 0 Å². The van der Waals surface area contributed by atoms with Crippen LogP contribution in [-0.2, 0) is 0 Å². The number of rotatable bonds is 1. The van der Waals surface area contributed by atoms with E-state index in [1.807, 2.05) is 13.8 Å². The molecule has 0 aliphatic rings. The van der Waals surface area contributed by atoms with Crippen LogP contribution in [0.15, 0.2) is 24.3 Å². The standard InChI is InChI=1S/C12H10ClFN2/c1-7-5-9(14)3-4-10(7)12-15-8(2)6-11(13)16-12/h3-6H,1-2H3. The van der Waals surface area contributed by atoms with E-state index in [0.29, 0.717) is 11.0 Å². The molecule has 16 heavy (non-hydrogen) atoms. The van der Waals surface area contributed by atoms with Gasteiger partial charge in [-0.1, -0.05) is 11.6 Å². The molecule has 82 valence electrons. The van der Waals surface area contributed by atoms with Crippen LogP contribution in [0.25, 0.3) is 11.4 Å². The van der Waals surface area contributed by atoms with Crippen molar-refractivity contribution in [3.8, 4) is 11.4 Å². The Morgan fingerprint density at radius 1 is 1.12 bits per heavy atom. The molecular weight excluding hydrogens is 227 g/mol. The molecule has 2 rings (SSSR count). The second kappa shape index (κ2) is 4.18. The van der Waals surface area contributed by atoms with Crippen molar-refractivity contribution in [1.29, 1.82) is 0 Å². The fourth-order valence-corrected chi connectivity index (χ4v) is 1.77. The third kappa shape index (κ3) is 2.19. The minimum Gasteiger partial charge on any atom is -0.233 e. The Kier molecular flexibility index (Phi) is 2.88. The number of benzene rings is 1. The minimum absolute atomic E-state index is 0.264. The zero-order valence-electron chi connectivity index (χ0n) is 8.96. The molecule has 0 aliphatic carbocycles. The van der Waals surface area contributed by atoms with E-state index >= 15 is 0 Å². The summed E-state index contributed by atoms with van der Waals surface area (Å²) in [5, 5.41) is 0.395. The highest BCUT2D eigenvalue weighted by Crippen LogP contribution is 2.22. The number of aromatic nitrogens is 2. The molecule has 0 amide bonds. The lowest BCUT2D eigenvalue weighted by atomic mass is 10.1. The predicted molar refractivity (Wildman–Crippen MR) is 61.9 cm³/mol. The Morgan fingerprint density at radius 3 is 2.50 bits per heavy atom. The molecule has 2 aromatic rings. The first-order valence-electron chi connectivity index (χ1n) is 4.84. The smallest absolute Gasteiger partial charge is 0.161 e. The number of nitrogens with zero attached hydrogens (tertiary/aromatic N) is 2. The minimum atomic E-state index is -0.264. The summed E-state index contributed by atoms with van der Waals surface area (Å²) >= 11 is 5.86. The highest BCUT2D eigenvalue weighted by atomic mass is 35.5. The van der Waals surface area contributed by atoms with Crippen LogP contribution in [0.4, 0.5) is 4.39 Å². The summed E-state index contributed by atoms with van der Waals surface area (Å²) < 4.78 is 13.0. The molecule has 0 atom stereocenters. The largest absolute Gasteiger partial charge is 0.233 e. The third-order valence-corrected chi connectivity index (χ3v) is 2.45. The van der Waals surface area contributed by atoms with Crippen LogP contribution in [0.2, 0.25) is 5.15 Å². The lowest BCUT2D eigenvalue weighted by Gasteiger charge is -2.05. The Labute approximate surface area is 98.1 Å². The van der Waals surface area contributed by atoms with Gasteiger partial charge >= 0.3 is 0 Å². The normalized spacial score (nSPS) is 10.5. The van der Waals surface area contributed by atoms with Gasteiger partial charge in [-0.15, -0.1) is 0 Å². The van der Waals surface area contributed by atoms with Crippen LogP contribution in [0.1, 0.15) is 11.3 Å². The van der Waals surface area contributed by atoms with Crippen molar-refractivity contribution in [3.63, 3.8) is 0 Å². The van der Waals surface area contributed by atoms with Gasteiger partial charge in [0.15, 0.2) is 5.82 Å². The molecule has 1 aromatic heterocycles. The first-order chi connectivity index (χ1) is 7.56. The molecule has 4 heteroatoms. The number of hydrogen-bond donors (Lipinski definition) is 0. The molecule has 0 spiro atoms. The second-order valence-electron chi connectivity index (χ2n) is 3.61. The molecule has 1 heterocycles. The average molecular weight is 237 g/mol. The van der Waals surface area contributed by atoms with E-state index < -0.39 is 0 Å². The molecule has 0 bridgehead atoms. The molecule has 0 aliphatic heterocycles. The molecule has 0 N–H and O–H groups in total. The van der Waals surface area contributed by atoms with Crippen molar-refractivity contribution < 1.29 is 4.39 Å². The summed E-state index contributed by atoms with van der Waals surface area (Å²) in [5.74, 6) is 0.266. The Bertz CT molecular complexity index is 520. The first kappa shape index (κ1) is 11.0. The van der Waals surface area contributed by atoms with Gasteiger partial charge in [0.1, 0.15) is 11.0 Å². The van der Waals surface area contributed by atoms with Crippen LogP contribution in [0.5, 0.6) is 0 Å². The van der Waals surface area contributed by atoms with Gasteiger partial charge in [0.05, 0.1) is 0 Å². The second-order valence-corrected chi connectivity index (χ2v) is 4.00. The maximum absolute atomic E-state index is 13.0. The summed E-state index contributed by atoms with van der Waals surface area (Å²) in [4.78, 5) is 8.40. The number of halogens is 2. The van der Waals surface area contributed by atoms with Crippen LogP contribution in [0, 0.1) is 19.7 Å². The van der Waals surface area contributed by atoms with Crippen molar-refractivity contribution in [1.82, 2.24) is 9.97 Å². The van der Waals surface area contributed by atoms with Crippen LogP contribution in [0.3, 0.4) is 0 Å². The van der Waals surface area contributed by atoms with E-state index in [2.05, 4.69) is 9.97 Å². The first-order valence-corrected chi connectivity index (χ1v) is 5.22. The topological polar surface area (TPSA) is 25.8 Å². The zero-order chi connectivity index (χ0) is 11.7. The monoisotopic (exact) mass is 236 g/mol. The Balaban J connectivity index is 2.58. The van der Waals surface area contributed by atoms with E-state index in [0.717, 1.165) is 16.8 Å². The Morgan fingerprint density at radius 2 is 1.88 bits per heavy atom. The van der Waals surface area contributed by atoms with Gasteiger partial charge in [0.2, 0.25) is 0 Å². The van der Waals surface area contributed by atoms with Gasteiger partial charge in [-0.25, -0.2) is 14.4 Å². The lowest BCUT2D eigenvalue weighted by Crippen LogP contribution is -1.94. The third-order valence-electron chi connectivity index (χ3n) is 2.25. The fraction of sp³-hybridized carbons (Fsp3) is 0.167. The molecular formula is C12H10ClFN2. The number of hydrogen-bond acceptors (Lipinski definition) is 2. The summed E-state index contributed by atoms with van der Waals surface area (Å²) in [7, 11) is 0. The SMILES string of the molecule is Cc1cc(Cl)nc(-c2ccc(F)cc2C)n1. The molecule has 0 radical (unpaired) electrons. The molecule has 0 unspecified atom stereocenters. The van der Waals surface area contributed by atoms with Crippen molar-refractivity contribution >= 4 is 11.6 Å². The van der Waals surface area contributed by atoms with Gasteiger partial charge in [-0.3, -0.25) is 0 Å². The van der Waals surface area contributed by atoms with E-state index in [-0.39, 0.29) is 5.82 Å². The van der Waals surface area contributed by atoms with Gasteiger partial charge in [-0.05, 0) is 43.7 Å². The molecule has 0 saturated carbocycles. The van der Waals surface area contributed by atoms with E-state index in [4.69, 9.17) is 11.6 Å². The summed E-state index contributed by atoms with van der Waals surface area (Å²) in [5.41, 5.74) is 2.38. The molecule has 0 fully saturated rings. The zero-order valence-corrected chi connectivity index (χ0v) is 9.72. The Hall–Kier alpha value is -1.48. The van der Waals surface area contributed by atoms with Gasteiger partial charge in [0, 0.05) is 11.3 Å². The quantitative estimate of drug-likeness (QED) is 0.708. The van der Waals surface area contributed by atoms with E-state index in [1.54, 1.807) is 12.1 Å². The summed E-state index contributed by atoms with van der Waals surface area (Å²) in [6.45, 7) is 3.66. The van der Waals surface area contributed by atoms with E-state index in [9.17, 15) is 4.39 Å². The molecule has 1 aromatic carbocycles. The highest BCUT2D eigenvalue weighted by Gasteiger charge is 2.07. The van der Waals surface area contributed by atoms with Crippen LogP contribution in [-0.4, -0.2) is 9.97 Å². The molecule has 2 nitrogen and oxygen atoms in total. The lowest BCUT2D eigenvalue weighted by molar-refractivity contribution is 0.627. The van der Waals surface area contributed by atoms with E-state index in [1.165, 1.54) is 12.1 Å². The van der Waals surface area contributed by atoms with Crippen molar-refractivity contribution in [2.45, 2.75) is 13.8 Å². The number of aryl methyl sites for hydroxylation is 2. The van der Waals surface area contributed by atoms with Gasteiger partial charge in [0.25, 0.3) is 0 Å². The van der Waals surface area contributed by atoms with Crippen molar-refractivity contribution in [2.75, 3.05) is 0 Å². The van der Waals surface area contributed by atoms with Gasteiger partial charge in [-0.2, -0.15) is 0 Å². The fourth-order valence-electron chi connectivity index (χ4n) is 1.53. The summed E-state index contributed by atoms with van der Waals surface area (Å²) in [6, 6.07) is 6.19. The molecule has 0 saturated heterocycles.